The van der Waals surface area contributed by atoms with Crippen LogP contribution in [0, 0.1) is 68.0 Å². The molecule has 9 aromatic carbocycles. The Morgan fingerprint density at radius 3 is 1.10 bits per heavy atom. The third kappa shape index (κ3) is 8.13. The zero-order valence-electron chi connectivity index (χ0n) is 38.6. The number of rotatable bonds is 8. The van der Waals surface area contributed by atoms with Crippen molar-refractivity contribution < 1.29 is 0 Å². The Balaban J connectivity index is 1.29. The molecule has 0 saturated heterocycles. The largest absolute Gasteiger partial charge is 0.308 e. The van der Waals surface area contributed by atoms with E-state index in [0.29, 0.717) is 95.2 Å². The highest BCUT2D eigenvalue weighted by atomic mass is 15.0. The summed E-state index contributed by atoms with van der Waals surface area (Å²) in [4.78, 5) is 10.5. The Kier molecular flexibility index (Phi) is 11.4. The van der Waals surface area contributed by atoms with Gasteiger partial charge in [0.2, 0.25) is 0 Å². The highest BCUT2D eigenvalue weighted by Gasteiger charge is 2.26. The lowest BCUT2D eigenvalue weighted by molar-refractivity contribution is 1.16. The van der Waals surface area contributed by atoms with Crippen LogP contribution in [-0.2, 0) is 0 Å². The minimum atomic E-state index is 0.348. The normalized spacial score (nSPS) is 10.7. The maximum absolute atomic E-state index is 10.8. The second-order valence-electron chi connectivity index (χ2n) is 17.3. The van der Waals surface area contributed by atoms with Gasteiger partial charge in [-0.15, -0.1) is 0 Å². The van der Waals surface area contributed by atoms with E-state index in [2.05, 4.69) is 41.0 Å². The van der Waals surface area contributed by atoms with Crippen LogP contribution in [0.2, 0.25) is 0 Å². The number of nitrogens with zero attached hydrogens (tertiary/aromatic N) is 9. The summed E-state index contributed by atoms with van der Waals surface area (Å²) in [6.07, 6.45) is 0. The molecule has 0 N–H and O–H groups in total. The number of benzene rings is 9. The van der Waals surface area contributed by atoms with Gasteiger partial charge in [0, 0.05) is 49.7 Å². The molecule has 11 aromatic rings. The van der Waals surface area contributed by atoms with Crippen molar-refractivity contribution in [1.82, 2.24) is 14.5 Å². The number of hydrogen-bond acceptors (Lipinski definition) is 8. The first-order valence-corrected chi connectivity index (χ1v) is 23.1. The molecule has 2 aromatic heterocycles. The van der Waals surface area contributed by atoms with Crippen LogP contribution in [0.4, 0.5) is 0 Å². The van der Waals surface area contributed by atoms with Crippen molar-refractivity contribution in [2.75, 3.05) is 0 Å². The minimum Gasteiger partial charge on any atom is -0.308 e. The quantitative estimate of drug-likeness (QED) is 0.145. The highest BCUT2D eigenvalue weighted by Crippen LogP contribution is 2.46. The fourth-order valence-corrected chi connectivity index (χ4v) is 9.61. The molecule has 0 saturated carbocycles. The molecule has 0 radical (unpaired) electrons. The van der Waals surface area contributed by atoms with Crippen LogP contribution >= 0.6 is 0 Å². The average Bonchev–Trinajstić information content (AvgIpc) is 3.79. The number of hydrogen-bond donors (Lipinski definition) is 0. The Bertz CT molecular complexity index is 4000. The molecule has 0 aliphatic rings. The second kappa shape index (κ2) is 18.7. The van der Waals surface area contributed by atoms with Crippen molar-refractivity contribution in [3.8, 4) is 121 Å². The number of fused-ring (bicyclic) bond motifs is 3. The predicted molar refractivity (Wildman–Crippen MR) is 283 cm³/mol. The maximum atomic E-state index is 10.8. The maximum Gasteiger partial charge on any atom is 0.160 e. The predicted octanol–water partition coefficient (Wildman–Crippen LogP) is 14.5. The van der Waals surface area contributed by atoms with E-state index in [1.807, 2.05) is 152 Å². The molecule has 0 amide bonds. The number of nitriles is 6. The zero-order chi connectivity index (χ0) is 50.0. The van der Waals surface area contributed by atoms with Crippen LogP contribution in [0.15, 0.2) is 200 Å². The molecule has 73 heavy (non-hydrogen) atoms. The third-order valence-corrected chi connectivity index (χ3v) is 12.9. The van der Waals surface area contributed by atoms with Crippen molar-refractivity contribution in [2.24, 2.45) is 0 Å². The Morgan fingerprint density at radius 1 is 0.301 bits per heavy atom. The lowest BCUT2D eigenvalue weighted by Crippen LogP contribution is -2.04. The summed E-state index contributed by atoms with van der Waals surface area (Å²) in [6.45, 7) is 0. The van der Waals surface area contributed by atoms with Gasteiger partial charge >= 0.3 is 0 Å². The van der Waals surface area contributed by atoms with Crippen LogP contribution in [0.3, 0.4) is 0 Å². The van der Waals surface area contributed by atoms with Gasteiger partial charge in [-0.3, -0.25) is 0 Å². The molecular weight excluding hydrogens is 895 g/mol. The Hall–Kier alpha value is -11.2. The van der Waals surface area contributed by atoms with Crippen molar-refractivity contribution in [3.05, 3.63) is 234 Å². The molecule has 0 atom stereocenters. The molecule has 9 heteroatoms. The van der Waals surface area contributed by atoms with Gasteiger partial charge < -0.3 is 4.57 Å². The van der Waals surface area contributed by atoms with E-state index in [1.165, 1.54) is 0 Å². The monoisotopic (exact) mass is 927 g/mol. The lowest BCUT2D eigenvalue weighted by Gasteiger charge is -2.22. The van der Waals surface area contributed by atoms with Crippen LogP contribution in [-0.4, -0.2) is 14.5 Å². The van der Waals surface area contributed by atoms with Crippen LogP contribution in [0.1, 0.15) is 33.4 Å². The third-order valence-electron chi connectivity index (χ3n) is 12.9. The van der Waals surface area contributed by atoms with Crippen molar-refractivity contribution in [3.63, 3.8) is 0 Å². The molecule has 2 heterocycles. The Labute approximate surface area is 420 Å². The van der Waals surface area contributed by atoms with Gasteiger partial charge in [0.1, 0.15) is 0 Å². The SMILES string of the molecule is N#Cc1cc(C#N)cc(-c2ccc3c(c2)c2cc(-c4cc(C#N)cc(C#N)c4)ccc2n3-c2c(-c3ccccc3C#N)cc(-c3nc(-c4ccccc4)cc(-c4ccccc4)n3)cc2-c2ccccc2C#N)c1. The van der Waals surface area contributed by atoms with E-state index in [-0.39, 0.29) is 0 Å². The molecule has 9 nitrogen and oxygen atoms in total. The summed E-state index contributed by atoms with van der Waals surface area (Å²) in [5, 5.41) is 63.2. The van der Waals surface area contributed by atoms with E-state index >= 15 is 0 Å². The summed E-state index contributed by atoms with van der Waals surface area (Å²) < 4.78 is 2.16. The fraction of sp³-hybridized carbons (Fsp3) is 0. The zero-order valence-corrected chi connectivity index (χ0v) is 38.6. The topological polar surface area (TPSA) is 173 Å². The summed E-state index contributed by atoms with van der Waals surface area (Å²) in [5.74, 6) is 0.433. The summed E-state index contributed by atoms with van der Waals surface area (Å²) >= 11 is 0. The first kappa shape index (κ1) is 44.3. The molecule has 0 spiro atoms. The van der Waals surface area contributed by atoms with Gasteiger partial charge in [0.05, 0.1) is 97.9 Å². The van der Waals surface area contributed by atoms with E-state index in [1.54, 1.807) is 48.5 Å². The first-order valence-electron chi connectivity index (χ1n) is 23.1. The standard InChI is InChI=1S/C64H33N9/c65-34-40-23-41(35-66)26-50(25-40)46-19-21-61-55(29-46)56-30-47(51-27-42(36-67)24-43(28-51)37-68)20-22-62(56)73(61)63-57(53-17-9-7-15-48(53)38-69)31-52(32-58(63)54-18-10-8-16-49(54)39-70)64-71-59(44-11-3-1-4-12-44)33-60(72-64)45-13-5-2-6-14-45/h1-33H. The molecule has 0 bridgehead atoms. The van der Waals surface area contributed by atoms with E-state index in [4.69, 9.17) is 9.97 Å². The van der Waals surface area contributed by atoms with E-state index in [0.717, 1.165) is 44.1 Å². The summed E-state index contributed by atoms with van der Waals surface area (Å²) in [6, 6.07) is 76.6. The number of aromatic nitrogens is 3. The molecule has 11 rings (SSSR count). The van der Waals surface area contributed by atoms with Gasteiger partial charge in [-0.2, -0.15) is 31.6 Å². The van der Waals surface area contributed by atoms with Crippen molar-refractivity contribution in [2.45, 2.75) is 0 Å². The molecule has 0 unspecified atom stereocenters. The van der Waals surface area contributed by atoms with Gasteiger partial charge in [0.15, 0.2) is 5.82 Å². The highest BCUT2D eigenvalue weighted by molar-refractivity contribution is 6.13. The van der Waals surface area contributed by atoms with E-state index < -0.39 is 0 Å². The smallest absolute Gasteiger partial charge is 0.160 e. The first-order chi connectivity index (χ1) is 35.9. The average molecular weight is 928 g/mol. The molecular formula is C64H33N9. The minimum absolute atomic E-state index is 0.348. The van der Waals surface area contributed by atoms with Crippen LogP contribution < -0.4 is 0 Å². The van der Waals surface area contributed by atoms with Gasteiger partial charge in [-0.1, -0.05) is 109 Å². The molecule has 0 aliphatic carbocycles. The van der Waals surface area contributed by atoms with Gasteiger partial charge in [-0.25, -0.2) is 9.97 Å². The lowest BCUT2D eigenvalue weighted by atomic mass is 9.89. The molecule has 334 valence electrons. The molecule has 0 fully saturated rings. The van der Waals surface area contributed by atoms with Gasteiger partial charge in [-0.05, 0) is 113 Å². The summed E-state index contributed by atoms with van der Waals surface area (Å²) in [7, 11) is 0. The Morgan fingerprint density at radius 2 is 0.699 bits per heavy atom. The van der Waals surface area contributed by atoms with Crippen molar-refractivity contribution in [1.29, 1.82) is 31.6 Å². The van der Waals surface area contributed by atoms with Gasteiger partial charge in [0.25, 0.3) is 0 Å². The molecule has 0 aliphatic heterocycles. The summed E-state index contributed by atoms with van der Waals surface area (Å²) in [5.41, 5.74) is 13.8. The van der Waals surface area contributed by atoms with E-state index in [9.17, 15) is 31.6 Å². The van der Waals surface area contributed by atoms with Crippen LogP contribution in [0.25, 0.3) is 106 Å². The second-order valence-corrected chi connectivity index (χ2v) is 17.3. The fourth-order valence-electron chi connectivity index (χ4n) is 9.61. The van der Waals surface area contributed by atoms with Crippen molar-refractivity contribution >= 4 is 21.8 Å². The van der Waals surface area contributed by atoms with Crippen LogP contribution in [0.5, 0.6) is 0 Å².